The van der Waals surface area contributed by atoms with Crippen LogP contribution >= 0.6 is 0 Å². The van der Waals surface area contributed by atoms with Gasteiger partial charge in [-0.2, -0.15) is 0 Å². The molecule has 0 saturated carbocycles. The molecule has 0 amide bonds. The van der Waals surface area contributed by atoms with E-state index in [2.05, 4.69) is 15.3 Å². The van der Waals surface area contributed by atoms with Crippen LogP contribution in [0.4, 0.5) is 11.5 Å². The number of hydrogen-bond donors (Lipinski definition) is 2. The number of aromatic nitrogens is 2. The average molecular weight is 232 g/mol. The maximum absolute atomic E-state index is 5.71. The molecule has 0 saturated heterocycles. The van der Waals surface area contributed by atoms with Crippen LogP contribution in [0.3, 0.4) is 0 Å². The highest BCUT2D eigenvalue weighted by Crippen LogP contribution is 2.20. The van der Waals surface area contributed by atoms with Gasteiger partial charge >= 0.3 is 0 Å². The van der Waals surface area contributed by atoms with Crippen molar-refractivity contribution in [3.05, 3.63) is 24.5 Å². The quantitative estimate of drug-likeness (QED) is 0.606. The minimum atomic E-state index is 0.664. The van der Waals surface area contributed by atoms with Crippen molar-refractivity contribution in [2.75, 3.05) is 30.8 Å². The van der Waals surface area contributed by atoms with E-state index in [1.165, 1.54) is 6.33 Å². The van der Waals surface area contributed by atoms with E-state index in [9.17, 15) is 0 Å². The lowest BCUT2D eigenvalue weighted by Gasteiger charge is -2.08. The summed E-state index contributed by atoms with van der Waals surface area (Å²) in [6, 6.07) is 5.61. The fourth-order valence-corrected chi connectivity index (χ4v) is 1.60. The molecule has 1 aromatic carbocycles. The number of benzene rings is 1. The van der Waals surface area contributed by atoms with Crippen LogP contribution in [-0.4, -0.2) is 29.7 Å². The minimum absolute atomic E-state index is 0.664. The summed E-state index contributed by atoms with van der Waals surface area (Å²) < 4.78 is 5.26. The highest BCUT2D eigenvalue weighted by atomic mass is 16.5. The monoisotopic (exact) mass is 232 g/mol. The lowest BCUT2D eigenvalue weighted by atomic mass is 10.2. The zero-order chi connectivity index (χ0) is 12.1. The number of rotatable bonds is 5. The van der Waals surface area contributed by atoms with E-state index < -0.39 is 0 Å². The van der Waals surface area contributed by atoms with E-state index in [0.29, 0.717) is 12.3 Å². The van der Waals surface area contributed by atoms with Gasteiger partial charge in [0.15, 0.2) is 0 Å². The first kappa shape index (κ1) is 11.6. The Labute approximate surface area is 100 Å². The molecule has 1 heterocycles. The Kier molecular flexibility index (Phi) is 3.72. The molecule has 2 rings (SSSR count). The molecule has 0 atom stereocenters. The molecule has 3 N–H and O–H groups in total. The van der Waals surface area contributed by atoms with Crippen molar-refractivity contribution < 1.29 is 4.74 Å². The van der Waals surface area contributed by atoms with Gasteiger partial charge in [0, 0.05) is 24.2 Å². The van der Waals surface area contributed by atoms with Crippen molar-refractivity contribution >= 4 is 22.4 Å². The Bertz CT molecular complexity index is 501. The molecule has 0 bridgehead atoms. The number of nitrogens with two attached hydrogens (primary N) is 1. The predicted octanol–water partition coefficient (Wildman–Crippen LogP) is 1.66. The van der Waals surface area contributed by atoms with Crippen LogP contribution in [0.2, 0.25) is 0 Å². The lowest BCUT2D eigenvalue weighted by Crippen LogP contribution is -2.10. The number of nitrogens with one attached hydrogen (secondary N) is 1. The third-order valence-electron chi connectivity index (χ3n) is 2.40. The molecule has 0 spiro atoms. The maximum Gasteiger partial charge on any atom is 0.137 e. The van der Waals surface area contributed by atoms with Gasteiger partial charge in [0.05, 0.1) is 12.1 Å². The summed E-state index contributed by atoms with van der Waals surface area (Å²) >= 11 is 0. The number of hydrogen-bond acceptors (Lipinski definition) is 5. The fourth-order valence-electron chi connectivity index (χ4n) is 1.60. The first-order valence-corrected chi connectivity index (χ1v) is 5.63. The maximum atomic E-state index is 5.71. The van der Waals surface area contributed by atoms with Gasteiger partial charge in [-0.05, 0) is 25.1 Å². The van der Waals surface area contributed by atoms with Crippen molar-refractivity contribution in [2.45, 2.75) is 6.92 Å². The molecule has 0 fully saturated rings. The molecule has 0 unspecified atom stereocenters. The number of fused-ring (bicyclic) bond motifs is 1. The molecule has 90 valence electrons. The molecule has 5 heteroatoms. The second kappa shape index (κ2) is 5.45. The molecule has 0 aliphatic carbocycles. The average Bonchev–Trinajstić information content (AvgIpc) is 2.34. The fraction of sp³-hybridized carbons (Fsp3) is 0.333. The van der Waals surface area contributed by atoms with E-state index in [1.807, 2.05) is 25.1 Å². The van der Waals surface area contributed by atoms with E-state index >= 15 is 0 Å². The second-order valence-corrected chi connectivity index (χ2v) is 3.62. The molecule has 17 heavy (non-hydrogen) atoms. The van der Waals surface area contributed by atoms with Crippen LogP contribution in [0.5, 0.6) is 0 Å². The van der Waals surface area contributed by atoms with Crippen molar-refractivity contribution in [2.24, 2.45) is 0 Å². The zero-order valence-electron chi connectivity index (χ0n) is 9.81. The van der Waals surface area contributed by atoms with Crippen molar-refractivity contribution in [1.29, 1.82) is 0 Å². The largest absolute Gasteiger partial charge is 0.399 e. The van der Waals surface area contributed by atoms with Gasteiger partial charge in [-0.15, -0.1) is 0 Å². The molecule has 0 aliphatic heterocycles. The standard InChI is InChI=1S/C12H16N4O/c1-2-17-6-5-14-12-10-4-3-9(13)7-11(10)15-8-16-12/h3-4,7-8H,2,5-6,13H2,1H3,(H,14,15,16). The summed E-state index contributed by atoms with van der Waals surface area (Å²) in [4.78, 5) is 8.40. The third-order valence-corrected chi connectivity index (χ3v) is 2.40. The Hall–Kier alpha value is -1.88. The number of nitrogen functional groups attached to an aromatic ring is 1. The lowest BCUT2D eigenvalue weighted by molar-refractivity contribution is 0.158. The molecule has 5 nitrogen and oxygen atoms in total. The van der Waals surface area contributed by atoms with Gasteiger partial charge in [0.1, 0.15) is 12.1 Å². The highest BCUT2D eigenvalue weighted by Gasteiger charge is 2.02. The van der Waals surface area contributed by atoms with Crippen LogP contribution in [0.25, 0.3) is 10.9 Å². The first-order valence-electron chi connectivity index (χ1n) is 5.63. The van der Waals surface area contributed by atoms with Crippen LogP contribution in [0.1, 0.15) is 6.92 Å². The summed E-state index contributed by atoms with van der Waals surface area (Å²) in [5.74, 6) is 0.815. The Morgan fingerprint density at radius 3 is 3.06 bits per heavy atom. The van der Waals surface area contributed by atoms with Gasteiger partial charge < -0.3 is 15.8 Å². The second-order valence-electron chi connectivity index (χ2n) is 3.62. The van der Waals surface area contributed by atoms with Crippen LogP contribution in [0.15, 0.2) is 24.5 Å². The van der Waals surface area contributed by atoms with Crippen LogP contribution in [-0.2, 0) is 4.74 Å². The normalized spacial score (nSPS) is 10.6. The van der Waals surface area contributed by atoms with Gasteiger partial charge in [-0.25, -0.2) is 9.97 Å². The van der Waals surface area contributed by atoms with Crippen LogP contribution in [0, 0.1) is 0 Å². The van der Waals surface area contributed by atoms with Crippen molar-refractivity contribution in [1.82, 2.24) is 9.97 Å². The highest BCUT2D eigenvalue weighted by molar-refractivity contribution is 5.90. The van der Waals surface area contributed by atoms with Crippen LogP contribution < -0.4 is 11.1 Å². The summed E-state index contributed by atoms with van der Waals surface area (Å²) in [7, 11) is 0. The summed E-state index contributed by atoms with van der Waals surface area (Å²) in [5.41, 5.74) is 7.26. The van der Waals surface area contributed by atoms with Gasteiger partial charge in [0.2, 0.25) is 0 Å². The number of anilines is 2. The topological polar surface area (TPSA) is 73.1 Å². The van der Waals surface area contributed by atoms with E-state index in [-0.39, 0.29) is 0 Å². The molecule has 2 aromatic rings. The minimum Gasteiger partial charge on any atom is -0.399 e. The van der Waals surface area contributed by atoms with Crippen molar-refractivity contribution in [3.63, 3.8) is 0 Å². The van der Waals surface area contributed by atoms with Crippen molar-refractivity contribution in [3.8, 4) is 0 Å². The number of nitrogens with zero attached hydrogens (tertiary/aromatic N) is 2. The Morgan fingerprint density at radius 2 is 2.24 bits per heavy atom. The third kappa shape index (κ3) is 2.82. The van der Waals surface area contributed by atoms with Gasteiger partial charge in [0.25, 0.3) is 0 Å². The predicted molar refractivity (Wildman–Crippen MR) is 68.9 cm³/mol. The SMILES string of the molecule is CCOCCNc1ncnc2cc(N)ccc12. The summed E-state index contributed by atoms with van der Waals surface area (Å²) in [6.07, 6.45) is 1.53. The zero-order valence-corrected chi connectivity index (χ0v) is 9.81. The molecule has 0 aliphatic rings. The van der Waals surface area contributed by atoms with E-state index in [0.717, 1.165) is 29.9 Å². The number of ether oxygens (including phenoxy) is 1. The smallest absolute Gasteiger partial charge is 0.137 e. The Morgan fingerprint density at radius 1 is 1.35 bits per heavy atom. The van der Waals surface area contributed by atoms with E-state index in [4.69, 9.17) is 10.5 Å². The molecular formula is C12H16N4O. The summed E-state index contributed by atoms with van der Waals surface area (Å²) in [5, 5.41) is 4.20. The molecule has 1 aromatic heterocycles. The Balaban J connectivity index is 2.16. The van der Waals surface area contributed by atoms with Gasteiger partial charge in [-0.3, -0.25) is 0 Å². The van der Waals surface area contributed by atoms with E-state index in [1.54, 1.807) is 0 Å². The molecule has 0 radical (unpaired) electrons. The first-order chi connectivity index (χ1) is 8.31. The molecular weight excluding hydrogens is 216 g/mol. The summed E-state index contributed by atoms with van der Waals surface area (Å²) in [6.45, 7) is 4.09. The van der Waals surface area contributed by atoms with Gasteiger partial charge in [-0.1, -0.05) is 0 Å².